The monoisotopic (exact) mass is 280 g/mol. The topological polar surface area (TPSA) is 26.3 Å². The quantitative estimate of drug-likeness (QED) is 0.843. The molecule has 4 heteroatoms. The number of ether oxygens (including phenoxy) is 1. The van der Waals surface area contributed by atoms with Crippen molar-refractivity contribution in [2.75, 3.05) is 6.26 Å². The first-order valence-electron chi connectivity index (χ1n) is 5.44. The van der Waals surface area contributed by atoms with E-state index in [-0.39, 0.29) is 0 Å². The summed E-state index contributed by atoms with van der Waals surface area (Å²) in [5.41, 5.74) is 0.960. The van der Waals surface area contributed by atoms with E-state index >= 15 is 0 Å². The van der Waals surface area contributed by atoms with Gasteiger partial charge in [-0.15, -0.1) is 0 Å². The van der Waals surface area contributed by atoms with Crippen LogP contribution in [-0.2, 0) is 10.8 Å². The first-order chi connectivity index (χ1) is 8.56. The van der Waals surface area contributed by atoms with Crippen LogP contribution in [0.5, 0.6) is 11.5 Å². The summed E-state index contributed by atoms with van der Waals surface area (Å²) in [4.78, 5) is 0.832. The lowest BCUT2D eigenvalue weighted by Gasteiger charge is -2.08. The molecule has 0 radical (unpaired) electrons. The minimum atomic E-state index is -0.971. The number of halogens is 1. The molecule has 0 aliphatic carbocycles. The zero-order valence-corrected chi connectivity index (χ0v) is 11.7. The van der Waals surface area contributed by atoms with Crippen molar-refractivity contribution >= 4 is 22.4 Å². The van der Waals surface area contributed by atoms with Gasteiger partial charge in [-0.25, -0.2) is 0 Å². The fourth-order valence-corrected chi connectivity index (χ4v) is 2.54. The van der Waals surface area contributed by atoms with Crippen LogP contribution in [0, 0.1) is 6.92 Å². The molecular weight excluding hydrogens is 268 g/mol. The molecule has 2 aromatic carbocycles. The maximum absolute atomic E-state index is 11.4. The molecule has 0 amide bonds. The van der Waals surface area contributed by atoms with Gasteiger partial charge in [-0.2, -0.15) is 0 Å². The summed E-state index contributed by atoms with van der Waals surface area (Å²) in [6.07, 6.45) is 1.67. The second-order valence-electron chi connectivity index (χ2n) is 3.94. The van der Waals surface area contributed by atoms with E-state index in [0.29, 0.717) is 5.02 Å². The molecule has 0 fully saturated rings. The number of rotatable bonds is 3. The fourth-order valence-electron chi connectivity index (χ4n) is 1.65. The van der Waals surface area contributed by atoms with Crippen molar-refractivity contribution in [3.8, 4) is 11.5 Å². The summed E-state index contributed by atoms with van der Waals surface area (Å²) in [5.74, 6) is 1.45. The molecule has 0 aliphatic rings. The van der Waals surface area contributed by atoms with Gasteiger partial charge in [-0.3, -0.25) is 4.21 Å². The molecule has 0 spiro atoms. The summed E-state index contributed by atoms with van der Waals surface area (Å²) >= 11 is 5.81. The molecule has 0 bridgehead atoms. The third-order valence-electron chi connectivity index (χ3n) is 2.51. The Hall–Kier alpha value is -1.32. The van der Waals surface area contributed by atoms with Crippen molar-refractivity contribution in [3.63, 3.8) is 0 Å². The van der Waals surface area contributed by atoms with Gasteiger partial charge in [-0.05, 0) is 55.0 Å². The van der Waals surface area contributed by atoms with E-state index in [1.807, 2.05) is 37.3 Å². The normalized spacial score (nSPS) is 12.2. The summed E-state index contributed by atoms with van der Waals surface area (Å²) in [6.45, 7) is 1.92. The third kappa shape index (κ3) is 3.12. The lowest BCUT2D eigenvalue weighted by Crippen LogP contribution is -1.92. The molecule has 94 valence electrons. The Morgan fingerprint density at radius 3 is 2.22 bits per heavy atom. The van der Waals surface area contributed by atoms with Crippen molar-refractivity contribution in [2.45, 2.75) is 11.8 Å². The molecule has 2 rings (SSSR count). The molecule has 0 aliphatic heterocycles. The first-order valence-corrected chi connectivity index (χ1v) is 7.37. The van der Waals surface area contributed by atoms with Gasteiger partial charge >= 0.3 is 0 Å². The predicted molar refractivity (Wildman–Crippen MR) is 75.0 cm³/mol. The lowest BCUT2D eigenvalue weighted by atomic mass is 10.2. The molecule has 0 N–H and O–H groups in total. The molecule has 0 saturated heterocycles. The third-order valence-corrected chi connectivity index (χ3v) is 3.83. The standard InChI is InChI=1S/C14H13ClO2S/c1-10-9-13(7-8-14(10)18(2)16)17-12-5-3-11(15)4-6-12/h3-9H,1-2H3. The minimum Gasteiger partial charge on any atom is -0.457 e. The van der Waals surface area contributed by atoms with E-state index in [2.05, 4.69) is 0 Å². The maximum Gasteiger partial charge on any atom is 0.127 e. The van der Waals surface area contributed by atoms with E-state index in [1.54, 1.807) is 18.4 Å². The van der Waals surface area contributed by atoms with Gasteiger partial charge in [0.2, 0.25) is 0 Å². The Labute approximate surface area is 114 Å². The average Bonchev–Trinajstić information content (AvgIpc) is 2.32. The van der Waals surface area contributed by atoms with Crippen LogP contribution in [0.15, 0.2) is 47.4 Å². The van der Waals surface area contributed by atoms with E-state index in [1.165, 1.54) is 0 Å². The maximum atomic E-state index is 11.4. The van der Waals surface area contributed by atoms with Crippen LogP contribution in [0.25, 0.3) is 0 Å². The van der Waals surface area contributed by atoms with E-state index in [9.17, 15) is 4.21 Å². The molecule has 2 aromatic rings. The van der Waals surface area contributed by atoms with Crippen molar-refractivity contribution in [3.05, 3.63) is 53.1 Å². The van der Waals surface area contributed by atoms with Crippen molar-refractivity contribution in [1.29, 1.82) is 0 Å². The highest BCUT2D eigenvalue weighted by molar-refractivity contribution is 7.84. The fraction of sp³-hybridized carbons (Fsp3) is 0.143. The number of aryl methyl sites for hydroxylation is 1. The zero-order chi connectivity index (χ0) is 13.1. The highest BCUT2D eigenvalue weighted by Crippen LogP contribution is 2.25. The first kappa shape index (κ1) is 13.1. The van der Waals surface area contributed by atoms with E-state index in [4.69, 9.17) is 16.3 Å². The molecule has 18 heavy (non-hydrogen) atoms. The van der Waals surface area contributed by atoms with E-state index < -0.39 is 10.8 Å². The molecule has 0 saturated carbocycles. The van der Waals surface area contributed by atoms with Gasteiger partial charge in [0.05, 0.1) is 10.8 Å². The summed E-state index contributed by atoms with van der Waals surface area (Å²) in [5, 5.41) is 0.676. The zero-order valence-electron chi connectivity index (χ0n) is 10.1. The Bertz CT molecular complexity index is 579. The molecule has 0 heterocycles. The molecule has 1 unspecified atom stereocenters. The summed E-state index contributed by atoms with van der Waals surface area (Å²) < 4.78 is 17.1. The van der Waals surface area contributed by atoms with Gasteiger partial charge in [0, 0.05) is 16.2 Å². The van der Waals surface area contributed by atoms with Gasteiger partial charge in [0.25, 0.3) is 0 Å². The van der Waals surface area contributed by atoms with E-state index in [0.717, 1.165) is 22.0 Å². The van der Waals surface area contributed by atoms with Crippen molar-refractivity contribution in [1.82, 2.24) is 0 Å². The molecule has 2 nitrogen and oxygen atoms in total. The second-order valence-corrected chi connectivity index (χ2v) is 5.72. The highest BCUT2D eigenvalue weighted by atomic mass is 35.5. The van der Waals surface area contributed by atoms with Crippen LogP contribution in [0.1, 0.15) is 5.56 Å². The Kier molecular flexibility index (Phi) is 4.04. The van der Waals surface area contributed by atoms with Crippen molar-refractivity contribution < 1.29 is 8.95 Å². The number of hydrogen-bond donors (Lipinski definition) is 0. The smallest absolute Gasteiger partial charge is 0.127 e. The molecule has 0 aromatic heterocycles. The lowest BCUT2D eigenvalue weighted by molar-refractivity contribution is 0.482. The molecule has 1 atom stereocenters. The number of benzene rings is 2. The SMILES string of the molecule is Cc1cc(Oc2ccc(Cl)cc2)ccc1S(C)=O. The summed E-state index contributed by atoms with van der Waals surface area (Å²) in [7, 11) is -0.971. The van der Waals surface area contributed by atoms with Crippen LogP contribution >= 0.6 is 11.6 Å². The predicted octanol–water partition coefficient (Wildman–Crippen LogP) is 4.18. The average molecular weight is 281 g/mol. The molecular formula is C14H13ClO2S. The Morgan fingerprint density at radius 2 is 1.67 bits per heavy atom. The van der Waals surface area contributed by atoms with Gasteiger partial charge in [-0.1, -0.05) is 11.6 Å². The summed E-state index contributed by atoms with van der Waals surface area (Å²) in [6, 6.07) is 12.7. The van der Waals surface area contributed by atoms with Gasteiger partial charge in [0.15, 0.2) is 0 Å². The van der Waals surface area contributed by atoms with Crippen LogP contribution in [0.2, 0.25) is 5.02 Å². The number of hydrogen-bond acceptors (Lipinski definition) is 2. The van der Waals surface area contributed by atoms with Crippen molar-refractivity contribution in [2.24, 2.45) is 0 Å². The van der Waals surface area contributed by atoms with Crippen LogP contribution in [0.4, 0.5) is 0 Å². The second kappa shape index (κ2) is 5.55. The van der Waals surface area contributed by atoms with Crippen LogP contribution in [-0.4, -0.2) is 10.5 Å². The highest BCUT2D eigenvalue weighted by Gasteiger charge is 2.04. The van der Waals surface area contributed by atoms with Crippen LogP contribution < -0.4 is 4.74 Å². The van der Waals surface area contributed by atoms with Gasteiger partial charge in [0.1, 0.15) is 11.5 Å². The Morgan fingerprint density at radius 1 is 1.06 bits per heavy atom. The Balaban J connectivity index is 2.22. The van der Waals surface area contributed by atoms with Gasteiger partial charge < -0.3 is 4.74 Å². The minimum absolute atomic E-state index is 0.676. The van der Waals surface area contributed by atoms with Crippen LogP contribution in [0.3, 0.4) is 0 Å². The largest absolute Gasteiger partial charge is 0.457 e.